The summed E-state index contributed by atoms with van der Waals surface area (Å²) in [5, 5.41) is 13.0. The van der Waals surface area contributed by atoms with E-state index in [9.17, 15) is 9.18 Å². The number of halogens is 4. The molecule has 2 aliphatic carbocycles. The van der Waals surface area contributed by atoms with Gasteiger partial charge in [0.15, 0.2) is 22.5 Å². The molecule has 2 bridgehead atoms. The van der Waals surface area contributed by atoms with Gasteiger partial charge in [0.25, 0.3) is 0 Å². The number of anilines is 1. The molecule has 0 unspecified atom stereocenters. The molecule has 0 radical (unpaired) electrons. The zero-order chi connectivity index (χ0) is 26.1. The minimum absolute atomic E-state index is 0.0713. The molecule has 1 heterocycles. The monoisotopic (exact) mass is 582 g/mol. The lowest BCUT2D eigenvalue weighted by Crippen LogP contribution is -2.25. The predicted octanol–water partition coefficient (Wildman–Crippen LogP) is 7.68. The van der Waals surface area contributed by atoms with E-state index in [1.54, 1.807) is 18.2 Å². The van der Waals surface area contributed by atoms with Crippen molar-refractivity contribution in [2.45, 2.75) is 50.4 Å². The average molecular weight is 584 g/mol. The highest BCUT2D eigenvalue weighted by molar-refractivity contribution is 7.99. The van der Waals surface area contributed by atoms with Crippen LogP contribution in [0.1, 0.15) is 44.5 Å². The number of rotatable bonds is 9. The molecule has 5 rings (SSSR count). The summed E-state index contributed by atoms with van der Waals surface area (Å²) in [6, 6.07) is 9.45. The third-order valence-electron chi connectivity index (χ3n) is 7.35. The van der Waals surface area contributed by atoms with Crippen molar-refractivity contribution in [1.29, 1.82) is 0 Å². The maximum Gasteiger partial charge on any atom is 0.234 e. The quantitative estimate of drug-likeness (QED) is 0.262. The summed E-state index contributed by atoms with van der Waals surface area (Å²) in [7, 11) is 0. The lowest BCUT2D eigenvalue weighted by molar-refractivity contribution is -0.113. The summed E-state index contributed by atoms with van der Waals surface area (Å²) in [6.45, 7) is 2.25. The molecule has 0 saturated heterocycles. The molecule has 4 atom stereocenters. The van der Waals surface area contributed by atoms with Gasteiger partial charge in [-0.2, -0.15) is 0 Å². The van der Waals surface area contributed by atoms with Crippen LogP contribution in [-0.4, -0.2) is 26.4 Å². The van der Waals surface area contributed by atoms with Crippen molar-refractivity contribution in [1.82, 2.24) is 14.8 Å². The van der Waals surface area contributed by atoms with Gasteiger partial charge < -0.3 is 10.1 Å². The number of carbonyl (C=O) groups excluding carboxylic acids is 1. The zero-order valence-corrected chi connectivity index (χ0v) is 23.2. The Morgan fingerprint density at radius 2 is 1.95 bits per heavy atom. The van der Waals surface area contributed by atoms with E-state index >= 15 is 0 Å². The molecule has 3 aromatic rings. The van der Waals surface area contributed by atoms with Crippen LogP contribution in [0.15, 0.2) is 41.6 Å². The van der Waals surface area contributed by atoms with Gasteiger partial charge in [0, 0.05) is 11.1 Å². The second-order valence-corrected chi connectivity index (χ2v) is 11.8. The van der Waals surface area contributed by atoms with Crippen LogP contribution in [0, 0.1) is 23.6 Å². The number of hydrogen-bond donors (Lipinski definition) is 1. The molecule has 2 aliphatic rings. The first-order valence-electron chi connectivity index (χ1n) is 12.2. The van der Waals surface area contributed by atoms with Crippen molar-refractivity contribution in [2.24, 2.45) is 17.8 Å². The molecule has 11 heteroatoms. The van der Waals surface area contributed by atoms with Crippen LogP contribution in [0.25, 0.3) is 0 Å². The van der Waals surface area contributed by atoms with Crippen LogP contribution in [0.2, 0.25) is 15.1 Å². The van der Waals surface area contributed by atoms with Gasteiger partial charge in [-0.05, 0) is 68.2 Å². The van der Waals surface area contributed by atoms with Crippen molar-refractivity contribution in [3.05, 3.63) is 63.1 Å². The van der Waals surface area contributed by atoms with Gasteiger partial charge in [-0.15, -0.1) is 10.2 Å². The number of fused-ring (bicyclic) bond motifs is 2. The third kappa shape index (κ3) is 5.87. The van der Waals surface area contributed by atoms with Gasteiger partial charge in [-0.3, -0.25) is 9.36 Å². The maximum atomic E-state index is 14.1. The van der Waals surface area contributed by atoms with Crippen LogP contribution in [0.3, 0.4) is 0 Å². The second-order valence-electron chi connectivity index (χ2n) is 9.65. The Kier molecular flexibility index (Phi) is 8.19. The summed E-state index contributed by atoms with van der Waals surface area (Å²) in [5.41, 5.74) is 0.314. The molecular weight excluding hydrogens is 558 g/mol. The smallest absolute Gasteiger partial charge is 0.234 e. The minimum atomic E-state index is -0.430. The topological polar surface area (TPSA) is 69.0 Å². The van der Waals surface area contributed by atoms with E-state index in [4.69, 9.17) is 39.5 Å². The van der Waals surface area contributed by atoms with Crippen molar-refractivity contribution in [3.63, 3.8) is 0 Å². The number of amides is 1. The van der Waals surface area contributed by atoms with Gasteiger partial charge in [0.1, 0.15) is 6.61 Å². The minimum Gasteiger partial charge on any atom is -0.483 e. The molecular formula is C26H26Cl3FN4O2S. The summed E-state index contributed by atoms with van der Waals surface area (Å²) in [6.07, 6.45) is 4.99. The predicted molar refractivity (Wildman–Crippen MR) is 145 cm³/mol. The molecule has 1 amide bonds. The lowest BCUT2D eigenvalue weighted by Gasteiger charge is -2.30. The van der Waals surface area contributed by atoms with E-state index in [2.05, 4.69) is 27.0 Å². The fourth-order valence-corrected chi connectivity index (χ4v) is 7.41. The fourth-order valence-electron chi connectivity index (χ4n) is 5.66. The number of para-hydroxylation sites is 1. The molecule has 2 aromatic carbocycles. The third-order valence-corrected chi connectivity index (χ3v) is 9.11. The van der Waals surface area contributed by atoms with E-state index in [0.29, 0.717) is 33.5 Å². The number of hydrogen-bond acceptors (Lipinski definition) is 5. The normalized spacial score (nSPS) is 21.3. The molecule has 0 aliphatic heterocycles. The highest BCUT2D eigenvalue weighted by Gasteiger charge is 2.43. The van der Waals surface area contributed by atoms with Crippen molar-refractivity contribution in [3.8, 4) is 5.75 Å². The van der Waals surface area contributed by atoms with Gasteiger partial charge >= 0.3 is 0 Å². The van der Waals surface area contributed by atoms with Crippen molar-refractivity contribution >= 4 is 58.2 Å². The molecule has 2 fully saturated rings. The summed E-state index contributed by atoms with van der Waals surface area (Å²) < 4.78 is 22.0. The Hall–Kier alpha value is -2.00. The summed E-state index contributed by atoms with van der Waals surface area (Å²) in [5.74, 6) is 2.08. The van der Waals surface area contributed by atoms with E-state index in [1.807, 2.05) is 0 Å². The van der Waals surface area contributed by atoms with Crippen LogP contribution < -0.4 is 10.1 Å². The highest BCUT2D eigenvalue weighted by atomic mass is 35.5. The standard InChI is InChI=1S/C26H26Cl3FN4O2S/c1-14(18-9-15-6-7-16(18)8-15)34-23(12-36-22-5-3-2-4-21(22)30)32-33-26(34)37-13-24(35)31-25-19(28)10-17(27)11-20(25)29/h2-5,10-11,14-16,18H,6-9,12-13H2,1H3,(H,31,35)/t14-,15+,16+,18-/m0/s1. The Bertz CT molecular complexity index is 1280. The van der Waals surface area contributed by atoms with Crippen LogP contribution in [0.5, 0.6) is 5.75 Å². The second kappa shape index (κ2) is 11.4. The Labute approximate surface area is 234 Å². The maximum absolute atomic E-state index is 14.1. The fraction of sp³-hybridized carbons (Fsp3) is 0.423. The largest absolute Gasteiger partial charge is 0.483 e. The van der Waals surface area contributed by atoms with E-state index < -0.39 is 5.82 Å². The first-order chi connectivity index (χ1) is 17.8. The first-order valence-corrected chi connectivity index (χ1v) is 14.3. The first kappa shape index (κ1) is 26.6. The molecule has 1 N–H and O–H groups in total. The summed E-state index contributed by atoms with van der Waals surface area (Å²) in [4.78, 5) is 12.8. The number of thioether (sulfide) groups is 1. The number of nitrogens with zero attached hydrogens (tertiary/aromatic N) is 3. The summed E-state index contributed by atoms with van der Waals surface area (Å²) >= 11 is 19.7. The highest BCUT2D eigenvalue weighted by Crippen LogP contribution is 2.52. The van der Waals surface area contributed by atoms with Crippen LogP contribution >= 0.6 is 46.6 Å². The van der Waals surface area contributed by atoms with Gasteiger partial charge in [-0.25, -0.2) is 4.39 Å². The Morgan fingerprint density at radius 3 is 2.62 bits per heavy atom. The molecule has 196 valence electrons. The molecule has 6 nitrogen and oxygen atoms in total. The van der Waals surface area contributed by atoms with Crippen LogP contribution in [-0.2, 0) is 11.4 Å². The number of nitrogens with one attached hydrogen (secondary N) is 1. The number of aromatic nitrogens is 3. The molecule has 2 saturated carbocycles. The van der Waals surface area contributed by atoms with Gasteiger partial charge in [0.05, 0.1) is 21.5 Å². The molecule has 37 heavy (non-hydrogen) atoms. The number of benzene rings is 2. The van der Waals surface area contributed by atoms with E-state index in [1.165, 1.54) is 55.6 Å². The van der Waals surface area contributed by atoms with Gasteiger partial charge in [0.2, 0.25) is 5.91 Å². The van der Waals surface area contributed by atoms with Crippen LogP contribution in [0.4, 0.5) is 10.1 Å². The van der Waals surface area contributed by atoms with Crippen molar-refractivity contribution < 1.29 is 13.9 Å². The van der Waals surface area contributed by atoms with Gasteiger partial charge in [-0.1, -0.05) is 65.1 Å². The zero-order valence-electron chi connectivity index (χ0n) is 20.1. The number of carbonyl (C=O) groups is 1. The molecule has 1 aromatic heterocycles. The SMILES string of the molecule is C[C@@H]([C@@H]1C[C@@H]2CC[C@@H]1C2)n1c(COc2ccccc2F)nnc1SCC(=O)Nc1c(Cl)cc(Cl)cc1Cl. The van der Waals surface area contributed by atoms with E-state index in [0.717, 1.165) is 5.92 Å². The number of ether oxygens (including phenoxy) is 1. The molecule has 0 spiro atoms. The Morgan fingerprint density at radius 1 is 1.19 bits per heavy atom. The Balaban J connectivity index is 1.33. The average Bonchev–Trinajstić information content (AvgIpc) is 3.60. The van der Waals surface area contributed by atoms with Crippen molar-refractivity contribution in [2.75, 3.05) is 11.1 Å². The lowest BCUT2D eigenvalue weighted by atomic mass is 9.84. The van der Waals surface area contributed by atoms with E-state index in [-0.39, 0.29) is 40.1 Å².